The van der Waals surface area contributed by atoms with Crippen molar-refractivity contribution in [3.63, 3.8) is 0 Å². The van der Waals surface area contributed by atoms with E-state index in [0.29, 0.717) is 31.1 Å². The van der Waals surface area contributed by atoms with Crippen LogP contribution in [0.15, 0.2) is 30.5 Å². The van der Waals surface area contributed by atoms with Crippen LogP contribution in [0, 0.1) is 0 Å². The van der Waals surface area contributed by atoms with Crippen molar-refractivity contribution >= 4 is 17.6 Å². The molecule has 22 heavy (non-hydrogen) atoms. The highest BCUT2D eigenvalue weighted by Gasteiger charge is 2.12. The molecule has 0 unspecified atom stereocenters. The van der Waals surface area contributed by atoms with Gasteiger partial charge >= 0.3 is 5.97 Å². The number of aromatic nitrogens is 3. The molecule has 7 heteroatoms. The summed E-state index contributed by atoms with van der Waals surface area (Å²) in [6, 6.07) is 7.67. The lowest BCUT2D eigenvalue weighted by molar-refractivity contribution is -0.137. The summed E-state index contributed by atoms with van der Waals surface area (Å²) in [7, 11) is 1.82. The fraction of sp³-hybridized carbons (Fsp3) is 0.400. The Hall–Kier alpha value is -1.92. The lowest BCUT2D eigenvalue weighted by Crippen LogP contribution is -2.25. The summed E-state index contributed by atoms with van der Waals surface area (Å²) in [6.07, 6.45) is 2.59. The molecule has 0 spiro atoms. The zero-order chi connectivity index (χ0) is 15.9. The summed E-state index contributed by atoms with van der Waals surface area (Å²) < 4.78 is 1.65. The maximum Gasteiger partial charge on any atom is 0.303 e. The molecule has 2 rings (SSSR count). The summed E-state index contributed by atoms with van der Waals surface area (Å²) in [5.41, 5.74) is 1.87. The summed E-state index contributed by atoms with van der Waals surface area (Å²) in [5, 5.41) is 17.5. The molecule has 0 saturated carbocycles. The van der Waals surface area contributed by atoms with Gasteiger partial charge in [-0.1, -0.05) is 35.0 Å². The quantitative estimate of drug-likeness (QED) is 0.807. The molecular formula is C15H19ClN4O2. The van der Waals surface area contributed by atoms with Gasteiger partial charge in [0.25, 0.3) is 0 Å². The average Bonchev–Trinajstić information content (AvgIpc) is 2.86. The minimum Gasteiger partial charge on any atom is -0.481 e. The van der Waals surface area contributed by atoms with Crippen molar-refractivity contribution in [3.05, 3.63) is 46.7 Å². The molecule has 0 aliphatic carbocycles. The van der Waals surface area contributed by atoms with Crippen LogP contribution in [0.5, 0.6) is 0 Å². The van der Waals surface area contributed by atoms with Gasteiger partial charge in [0.2, 0.25) is 0 Å². The fourth-order valence-corrected chi connectivity index (χ4v) is 2.43. The van der Waals surface area contributed by atoms with Crippen LogP contribution in [-0.4, -0.2) is 37.5 Å². The van der Waals surface area contributed by atoms with Gasteiger partial charge in [0.05, 0.1) is 5.69 Å². The zero-order valence-corrected chi connectivity index (χ0v) is 13.2. The SMILES string of the molecule is Cn1cc(CN(CCCC(=O)O)Cc2ccccc2Cl)nn1. The van der Waals surface area contributed by atoms with E-state index in [0.717, 1.165) is 11.3 Å². The minimum absolute atomic E-state index is 0.152. The second kappa shape index (κ2) is 7.91. The Labute approximate surface area is 134 Å². The molecule has 1 aromatic carbocycles. The number of benzene rings is 1. The third-order valence-corrected chi connectivity index (χ3v) is 3.62. The summed E-state index contributed by atoms with van der Waals surface area (Å²) >= 11 is 6.21. The molecule has 0 amide bonds. The van der Waals surface area contributed by atoms with Crippen LogP contribution in [0.25, 0.3) is 0 Å². The number of carboxylic acids is 1. The highest BCUT2D eigenvalue weighted by atomic mass is 35.5. The standard InChI is InChI=1S/C15H19ClN4O2/c1-19-10-13(17-18-19)11-20(8-4-7-15(21)22)9-12-5-2-3-6-14(12)16/h2-3,5-6,10H,4,7-9,11H2,1H3,(H,21,22). The number of aliphatic carboxylic acids is 1. The molecule has 0 radical (unpaired) electrons. The van der Waals surface area contributed by atoms with Crippen LogP contribution in [0.1, 0.15) is 24.1 Å². The van der Waals surface area contributed by atoms with E-state index in [9.17, 15) is 4.79 Å². The normalized spacial score (nSPS) is 11.0. The summed E-state index contributed by atoms with van der Waals surface area (Å²) in [6.45, 7) is 1.92. The lowest BCUT2D eigenvalue weighted by Gasteiger charge is -2.21. The van der Waals surface area contributed by atoms with Crippen LogP contribution in [0.4, 0.5) is 0 Å². The molecule has 0 aliphatic heterocycles. The number of hydrogen-bond donors (Lipinski definition) is 1. The van der Waals surface area contributed by atoms with Gasteiger partial charge < -0.3 is 5.11 Å². The maximum absolute atomic E-state index is 10.7. The number of aryl methyl sites for hydroxylation is 1. The van der Waals surface area contributed by atoms with Crippen molar-refractivity contribution in [2.45, 2.75) is 25.9 Å². The minimum atomic E-state index is -0.780. The third-order valence-electron chi connectivity index (χ3n) is 3.25. The molecule has 6 nitrogen and oxygen atoms in total. The van der Waals surface area contributed by atoms with Gasteiger partial charge in [-0.05, 0) is 24.6 Å². The molecule has 1 aromatic heterocycles. The molecule has 0 fully saturated rings. The Morgan fingerprint density at radius 3 is 2.77 bits per heavy atom. The molecule has 118 valence electrons. The van der Waals surface area contributed by atoms with E-state index in [1.165, 1.54) is 0 Å². The number of rotatable bonds is 8. The Balaban J connectivity index is 2.03. The fourth-order valence-electron chi connectivity index (χ4n) is 2.23. The van der Waals surface area contributed by atoms with Crippen LogP contribution in [0.3, 0.4) is 0 Å². The highest BCUT2D eigenvalue weighted by Crippen LogP contribution is 2.18. The molecule has 0 saturated heterocycles. The van der Waals surface area contributed by atoms with E-state index in [4.69, 9.17) is 16.7 Å². The molecule has 0 bridgehead atoms. The second-order valence-corrected chi connectivity index (χ2v) is 5.59. The van der Waals surface area contributed by atoms with Crippen molar-refractivity contribution in [3.8, 4) is 0 Å². The lowest BCUT2D eigenvalue weighted by atomic mass is 10.2. The van der Waals surface area contributed by atoms with Gasteiger partial charge in [0, 0.05) is 37.8 Å². The predicted octanol–water partition coefficient (Wildman–Crippen LogP) is 2.34. The third kappa shape index (κ3) is 5.13. The first-order chi connectivity index (χ1) is 10.5. The number of nitrogens with zero attached hydrogens (tertiary/aromatic N) is 4. The van der Waals surface area contributed by atoms with Gasteiger partial charge in [0.15, 0.2) is 0 Å². The number of hydrogen-bond acceptors (Lipinski definition) is 4. The van der Waals surface area contributed by atoms with Crippen LogP contribution < -0.4 is 0 Å². The highest BCUT2D eigenvalue weighted by molar-refractivity contribution is 6.31. The van der Waals surface area contributed by atoms with E-state index in [2.05, 4.69) is 15.2 Å². The monoisotopic (exact) mass is 322 g/mol. The molecule has 0 atom stereocenters. The van der Waals surface area contributed by atoms with Crippen molar-refractivity contribution in [2.24, 2.45) is 7.05 Å². The van der Waals surface area contributed by atoms with E-state index in [1.807, 2.05) is 37.5 Å². The van der Waals surface area contributed by atoms with E-state index in [-0.39, 0.29) is 6.42 Å². The summed E-state index contributed by atoms with van der Waals surface area (Å²) in [5.74, 6) is -0.780. The van der Waals surface area contributed by atoms with Crippen LogP contribution >= 0.6 is 11.6 Å². The van der Waals surface area contributed by atoms with Gasteiger partial charge in [0.1, 0.15) is 0 Å². The van der Waals surface area contributed by atoms with E-state index < -0.39 is 5.97 Å². The Kier molecular flexibility index (Phi) is 5.91. The van der Waals surface area contributed by atoms with Crippen molar-refractivity contribution in [1.82, 2.24) is 19.9 Å². The van der Waals surface area contributed by atoms with Crippen molar-refractivity contribution < 1.29 is 9.90 Å². The molecule has 0 aliphatic rings. The van der Waals surface area contributed by atoms with Crippen LogP contribution in [-0.2, 0) is 24.9 Å². The first kappa shape index (κ1) is 16.5. The summed E-state index contributed by atoms with van der Waals surface area (Å²) in [4.78, 5) is 12.8. The molecular weight excluding hydrogens is 304 g/mol. The largest absolute Gasteiger partial charge is 0.481 e. The Morgan fingerprint density at radius 2 is 2.14 bits per heavy atom. The van der Waals surface area contributed by atoms with E-state index >= 15 is 0 Å². The molecule has 2 aromatic rings. The second-order valence-electron chi connectivity index (χ2n) is 5.18. The maximum atomic E-state index is 10.7. The van der Waals surface area contributed by atoms with Gasteiger partial charge in [-0.2, -0.15) is 0 Å². The topological polar surface area (TPSA) is 71.2 Å². The first-order valence-corrected chi connectivity index (χ1v) is 7.45. The van der Waals surface area contributed by atoms with Gasteiger partial charge in [-0.15, -0.1) is 5.10 Å². The average molecular weight is 323 g/mol. The van der Waals surface area contributed by atoms with Gasteiger partial charge in [-0.3, -0.25) is 14.4 Å². The number of carboxylic acid groups (broad SMARTS) is 1. The van der Waals surface area contributed by atoms with E-state index in [1.54, 1.807) is 4.68 Å². The smallest absolute Gasteiger partial charge is 0.303 e. The predicted molar refractivity (Wildman–Crippen MR) is 83.4 cm³/mol. The van der Waals surface area contributed by atoms with Gasteiger partial charge in [-0.25, -0.2) is 0 Å². The first-order valence-electron chi connectivity index (χ1n) is 7.07. The Morgan fingerprint density at radius 1 is 1.36 bits per heavy atom. The number of halogens is 1. The van der Waals surface area contributed by atoms with Crippen molar-refractivity contribution in [2.75, 3.05) is 6.54 Å². The van der Waals surface area contributed by atoms with Crippen molar-refractivity contribution in [1.29, 1.82) is 0 Å². The number of carbonyl (C=O) groups is 1. The Bertz CT molecular complexity index is 630. The zero-order valence-electron chi connectivity index (χ0n) is 12.4. The molecule has 1 N–H and O–H groups in total. The molecule has 1 heterocycles. The van der Waals surface area contributed by atoms with Crippen LogP contribution in [0.2, 0.25) is 5.02 Å².